The maximum atomic E-state index is 12.0. The van der Waals surface area contributed by atoms with Gasteiger partial charge in [-0.1, -0.05) is 26.0 Å². The molecule has 112 valence electrons. The van der Waals surface area contributed by atoms with Gasteiger partial charge in [0.1, 0.15) is 0 Å². The number of nitrogen functional groups attached to an aromatic ring is 1. The lowest BCUT2D eigenvalue weighted by Gasteiger charge is -2.25. The number of nitrogens with two attached hydrogens (primary N) is 1. The quantitative estimate of drug-likeness (QED) is 0.748. The number of amides is 1. The van der Waals surface area contributed by atoms with Crippen LogP contribution in [0.2, 0.25) is 0 Å². The van der Waals surface area contributed by atoms with E-state index in [9.17, 15) is 4.79 Å². The number of benzene rings is 1. The van der Waals surface area contributed by atoms with Crippen molar-refractivity contribution in [3.05, 3.63) is 29.8 Å². The zero-order valence-corrected chi connectivity index (χ0v) is 13.0. The Morgan fingerprint density at radius 3 is 2.35 bits per heavy atom. The van der Waals surface area contributed by atoms with Crippen LogP contribution in [0.15, 0.2) is 24.3 Å². The Bertz CT molecular complexity index is 412. The fraction of sp³-hybridized carbons (Fsp3) is 0.562. The molecule has 0 aliphatic heterocycles. The fourth-order valence-corrected chi connectivity index (χ4v) is 2.04. The summed E-state index contributed by atoms with van der Waals surface area (Å²) >= 11 is 0. The number of anilines is 1. The number of hydrogen-bond acceptors (Lipinski definition) is 3. The number of likely N-dealkylation sites (N-methyl/N-ethyl adjacent to an activating group) is 1. The van der Waals surface area contributed by atoms with Gasteiger partial charge in [-0.15, -0.1) is 0 Å². The molecule has 0 fully saturated rings. The highest BCUT2D eigenvalue weighted by Gasteiger charge is 2.16. The van der Waals surface area contributed by atoms with Crippen molar-refractivity contribution >= 4 is 11.6 Å². The van der Waals surface area contributed by atoms with E-state index in [1.54, 1.807) is 0 Å². The zero-order valence-electron chi connectivity index (χ0n) is 13.0. The van der Waals surface area contributed by atoms with E-state index in [-0.39, 0.29) is 11.9 Å². The first-order chi connectivity index (χ1) is 9.38. The van der Waals surface area contributed by atoms with Gasteiger partial charge in [0.2, 0.25) is 5.91 Å². The SMILES string of the molecule is CC(C)C(CN(C)C)NC(=O)CCc1ccc(N)cc1. The normalized spacial score (nSPS) is 12.7. The molecule has 0 spiro atoms. The number of carbonyl (C=O) groups excluding carboxylic acids is 1. The molecule has 0 saturated carbocycles. The van der Waals surface area contributed by atoms with Crippen molar-refractivity contribution in [2.75, 3.05) is 26.4 Å². The van der Waals surface area contributed by atoms with Crippen molar-refractivity contribution in [3.63, 3.8) is 0 Å². The van der Waals surface area contributed by atoms with E-state index in [2.05, 4.69) is 24.1 Å². The fourth-order valence-electron chi connectivity index (χ4n) is 2.04. The minimum Gasteiger partial charge on any atom is -0.399 e. The number of nitrogens with zero attached hydrogens (tertiary/aromatic N) is 1. The van der Waals surface area contributed by atoms with Gasteiger partial charge in [-0.3, -0.25) is 4.79 Å². The molecule has 3 N–H and O–H groups in total. The second-order valence-corrected chi connectivity index (χ2v) is 5.92. The molecule has 1 atom stereocenters. The van der Waals surface area contributed by atoms with Crippen LogP contribution in [0.4, 0.5) is 5.69 Å². The Labute approximate surface area is 122 Å². The monoisotopic (exact) mass is 277 g/mol. The molecule has 20 heavy (non-hydrogen) atoms. The van der Waals surface area contributed by atoms with Gasteiger partial charge in [0.05, 0.1) is 0 Å². The summed E-state index contributed by atoms with van der Waals surface area (Å²) < 4.78 is 0. The van der Waals surface area contributed by atoms with Gasteiger partial charge in [0, 0.05) is 24.7 Å². The predicted octanol–water partition coefficient (Wildman–Crippen LogP) is 1.90. The first kappa shape index (κ1) is 16.5. The van der Waals surface area contributed by atoms with Crippen molar-refractivity contribution in [1.29, 1.82) is 0 Å². The molecule has 4 nitrogen and oxygen atoms in total. The smallest absolute Gasteiger partial charge is 0.220 e. The number of aryl methyl sites for hydroxylation is 1. The third-order valence-corrected chi connectivity index (χ3v) is 3.33. The summed E-state index contributed by atoms with van der Waals surface area (Å²) in [4.78, 5) is 14.1. The van der Waals surface area contributed by atoms with E-state index in [0.717, 1.165) is 24.2 Å². The van der Waals surface area contributed by atoms with Gasteiger partial charge in [-0.25, -0.2) is 0 Å². The summed E-state index contributed by atoms with van der Waals surface area (Å²) in [6, 6.07) is 7.89. The maximum absolute atomic E-state index is 12.0. The van der Waals surface area contributed by atoms with Gasteiger partial charge in [-0.2, -0.15) is 0 Å². The summed E-state index contributed by atoms with van der Waals surface area (Å²) in [6.07, 6.45) is 1.26. The molecule has 0 heterocycles. The van der Waals surface area contributed by atoms with Crippen LogP contribution in [-0.4, -0.2) is 37.5 Å². The van der Waals surface area contributed by atoms with E-state index in [1.807, 2.05) is 38.4 Å². The Kier molecular flexibility index (Phi) is 6.52. The number of hydrogen-bond donors (Lipinski definition) is 2. The third kappa shape index (κ3) is 6.06. The summed E-state index contributed by atoms with van der Waals surface area (Å²) in [5.41, 5.74) is 7.54. The van der Waals surface area contributed by atoms with Crippen LogP contribution in [0.25, 0.3) is 0 Å². The van der Waals surface area contributed by atoms with Crippen molar-refractivity contribution < 1.29 is 4.79 Å². The second-order valence-electron chi connectivity index (χ2n) is 5.92. The van der Waals surface area contributed by atoms with Crippen LogP contribution in [0.1, 0.15) is 25.8 Å². The first-order valence-electron chi connectivity index (χ1n) is 7.17. The van der Waals surface area contributed by atoms with Gasteiger partial charge in [-0.05, 0) is 44.1 Å². The van der Waals surface area contributed by atoms with Crippen LogP contribution in [-0.2, 0) is 11.2 Å². The minimum absolute atomic E-state index is 0.113. The lowest BCUT2D eigenvalue weighted by Crippen LogP contribution is -2.45. The molecule has 0 aliphatic rings. The van der Waals surface area contributed by atoms with Gasteiger partial charge in [0.25, 0.3) is 0 Å². The summed E-state index contributed by atoms with van der Waals surface area (Å²) in [7, 11) is 4.05. The largest absolute Gasteiger partial charge is 0.399 e. The highest BCUT2D eigenvalue weighted by atomic mass is 16.1. The standard InChI is InChI=1S/C16H27N3O/c1-12(2)15(11-19(3)4)18-16(20)10-7-13-5-8-14(17)9-6-13/h5-6,8-9,12,15H,7,10-11,17H2,1-4H3,(H,18,20). The Balaban J connectivity index is 2.43. The average molecular weight is 277 g/mol. The Morgan fingerprint density at radius 2 is 1.85 bits per heavy atom. The lowest BCUT2D eigenvalue weighted by atomic mass is 10.0. The summed E-state index contributed by atoms with van der Waals surface area (Å²) in [5.74, 6) is 0.542. The van der Waals surface area contributed by atoms with Crippen LogP contribution in [0.3, 0.4) is 0 Å². The van der Waals surface area contributed by atoms with Crippen molar-refractivity contribution in [2.24, 2.45) is 5.92 Å². The van der Waals surface area contributed by atoms with Crippen LogP contribution in [0.5, 0.6) is 0 Å². The van der Waals surface area contributed by atoms with Crippen LogP contribution < -0.4 is 11.1 Å². The Hall–Kier alpha value is -1.55. The highest BCUT2D eigenvalue weighted by Crippen LogP contribution is 2.08. The maximum Gasteiger partial charge on any atom is 0.220 e. The molecule has 0 bridgehead atoms. The van der Waals surface area contributed by atoms with Crippen molar-refractivity contribution in [3.8, 4) is 0 Å². The topological polar surface area (TPSA) is 58.4 Å². The molecular weight excluding hydrogens is 250 g/mol. The first-order valence-corrected chi connectivity index (χ1v) is 7.17. The second kappa shape index (κ2) is 7.90. The number of carbonyl (C=O) groups is 1. The molecule has 1 aromatic rings. The minimum atomic E-state index is 0.113. The molecule has 0 aromatic heterocycles. The predicted molar refractivity (Wildman–Crippen MR) is 84.5 cm³/mol. The molecule has 0 radical (unpaired) electrons. The van der Waals surface area contributed by atoms with Crippen molar-refractivity contribution in [1.82, 2.24) is 10.2 Å². The van der Waals surface area contributed by atoms with E-state index >= 15 is 0 Å². The summed E-state index contributed by atoms with van der Waals surface area (Å²) in [6.45, 7) is 5.13. The van der Waals surface area contributed by atoms with Crippen LogP contribution in [0, 0.1) is 5.92 Å². The highest BCUT2D eigenvalue weighted by molar-refractivity contribution is 5.76. The van der Waals surface area contributed by atoms with E-state index in [4.69, 9.17) is 5.73 Å². The van der Waals surface area contributed by atoms with Crippen molar-refractivity contribution in [2.45, 2.75) is 32.7 Å². The molecule has 4 heteroatoms. The van der Waals surface area contributed by atoms with E-state index in [1.165, 1.54) is 0 Å². The number of nitrogens with one attached hydrogen (secondary N) is 1. The van der Waals surface area contributed by atoms with E-state index in [0.29, 0.717) is 12.3 Å². The van der Waals surface area contributed by atoms with Crippen LogP contribution >= 0.6 is 0 Å². The molecular formula is C16H27N3O. The zero-order chi connectivity index (χ0) is 15.1. The molecule has 0 saturated heterocycles. The molecule has 1 amide bonds. The molecule has 1 unspecified atom stereocenters. The van der Waals surface area contributed by atoms with E-state index < -0.39 is 0 Å². The lowest BCUT2D eigenvalue weighted by molar-refractivity contribution is -0.122. The van der Waals surface area contributed by atoms with Gasteiger partial charge in [0.15, 0.2) is 0 Å². The number of rotatable bonds is 7. The molecule has 0 aliphatic carbocycles. The van der Waals surface area contributed by atoms with Gasteiger partial charge < -0.3 is 16.0 Å². The summed E-state index contributed by atoms with van der Waals surface area (Å²) in [5, 5.41) is 3.12. The Morgan fingerprint density at radius 1 is 1.25 bits per heavy atom. The molecule has 1 aromatic carbocycles. The molecule has 1 rings (SSSR count). The average Bonchev–Trinajstić information content (AvgIpc) is 2.36. The third-order valence-electron chi connectivity index (χ3n) is 3.33. The van der Waals surface area contributed by atoms with Gasteiger partial charge >= 0.3 is 0 Å².